The molecule has 0 radical (unpaired) electrons. The maximum Gasteiger partial charge on any atom is 0.352 e. The highest BCUT2D eigenvalue weighted by Gasteiger charge is 2.58. The molecule has 2 atom stereocenters. The number of benzene rings is 2. The van der Waals surface area contributed by atoms with Crippen LogP contribution in [0.3, 0.4) is 0 Å². The standard InChI is InChI=1S/C29H25ClFN5O3/c30-25-11-22(8-9-32-25)39-24-7-6-20(10-23(24)31)16-38-26-12-27-35(28(37)33-26)18-29-13-21(15-36(27)29)34(17-29)14-19-4-2-1-3-5-19/h1-12,21H,13-18H2/t21-,29-/m0/s1. The van der Waals surface area contributed by atoms with Crippen molar-refractivity contribution in [3.63, 3.8) is 0 Å². The van der Waals surface area contributed by atoms with Gasteiger partial charge < -0.3 is 14.4 Å². The SMILES string of the molecule is O=c1nc(OCc2ccc(Oc3ccnc(Cl)c3)c(F)c2)cc2n1C[C@@]13C[C@@H](CN21)N(Cc1ccccc1)C3. The topological polar surface area (TPSA) is 72.7 Å². The molecule has 0 unspecified atom stereocenters. The van der Waals surface area contributed by atoms with Crippen molar-refractivity contribution < 1.29 is 13.9 Å². The first-order valence-electron chi connectivity index (χ1n) is 12.8. The minimum Gasteiger partial charge on any atom is -0.473 e. The van der Waals surface area contributed by atoms with Crippen molar-refractivity contribution in [1.29, 1.82) is 0 Å². The van der Waals surface area contributed by atoms with Crippen LogP contribution in [0.1, 0.15) is 17.5 Å². The van der Waals surface area contributed by atoms with Crippen molar-refractivity contribution in [1.82, 2.24) is 19.4 Å². The number of anilines is 1. The number of rotatable bonds is 7. The number of halogens is 2. The Labute approximate surface area is 229 Å². The highest BCUT2D eigenvalue weighted by molar-refractivity contribution is 6.29. The van der Waals surface area contributed by atoms with Crippen LogP contribution in [0, 0.1) is 5.82 Å². The Balaban J connectivity index is 1.04. The first kappa shape index (κ1) is 24.1. The number of hydrogen-bond donors (Lipinski definition) is 0. The van der Waals surface area contributed by atoms with Gasteiger partial charge in [-0.3, -0.25) is 9.47 Å². The molecule has 0 amide bonds. The Hall–Kier alpha value is -3.95. The van der Waals surface area contributed by atoms with E-state index in [4.69, 9.17) is 21.1 Å². The summed E-state index contributed by atoms with van der Waals surface area (Å²) in [6.07, 6.45) is 2.51. The lowest BCUT2D eigenvalue weighted by atomic mass is 10.0. The number of aromatic nitrogens is 3. The van der Waals surface area contributed by atoms with Crippen LogP contribution < -0.4 is 20.1 Å². The third-order valence-electron chi connectivity index (χ3n) is 7.83. The molecule has 0 saturated carbocycles. The zero-order valence-electron chi connectivity index (χ0n) is 21.0. The minimum atomic E-state index is -0.541. The van der Waals surface area contributed by atoms with Crippen molar-refractivity contribution in [2.75, 3.05) is 18.0 Å². The van der Waals surface area contributed by atoms with Crippen LogP contribution in [0.5, 0.6) is 17.4 Å². The van der Waals surface area contributed by atoms with Gasteiger partial charge in [-0.15, -0.1) is 0 Å². The fourth-order valence-corrected chi connectivity index (χ4v) is 6.29. The summed E-state index contributed by atoms with van der Waals surface area (Å²) in [5.41, 5.74) is 1.47. The van der Waals surface area contributed by atoms with Crippen LogP contribution in [0.4, 0.5) is 10.2 Å². The molecule has 3 aliphatic heterocycles. The van der Waals surface area contributed by atoms with Crippen LogP contribution in [0.25, 0.3) is 0 Å². The second-order valence-electron chi connectivity index (χ2n) is 10.4. The fourth-order valence-electron chi connectivity index (χ4n) is 6.12. The zero-order valence-corrected chi connectivity index (χ0v) is 21.7. The van der Waals surface area contributed by atoms with Gasteiger partial charge in [-0.25, -0.2) is 14.2 Å². The molecule has 8 nitrogen and oxygen atoms in total. The number of ether oxygens (including phenoxy) is 2. The molecule has 198 valence electrons. The number of piperazine rings is 1. The van der Waals surface area contributed by atoms with Gasteiger partial charge in [-0.1, -0.05) is 48.0 Å². The summed E-state index contributed by atoms with van der Waals surface area (Å²) >= 11 is 5.87. The van der Waals surface area contributed by atoms with Crippen LogP contribution in [0.15, 0.2) is 77.7 Å². The van der Waals surface area contributed by atoms with E-state index in [1.807, 2.05) is 12.1 Å². The van der Waals surface area contributed by atoms with E-state index in [0.717, 1.165) is 31.9 Å². The van der Waals surface area contributed by atoms with E-state index < -0.39 is 5.82 Å². The van der Waals surface area contributed by atoms with E-state index in [-0.39, 0.29) is 34.6 Å². The van der Waals surface area contributed by atoms with Gasteiger partial charge in [0, 0.05) is 44.0 Å². The second kappa shape index (κ2) is 9.36. The van der Waals surface area contributed by atoms with E-state index in [1.165, 1.54) is 30.0 Å². The molecule has 1 spiro atoms. The van der Waals surface area contributed by atoms with Crippen LogP contribution in [-0.2, 0) is 19.7 Å². The van der Waals surface area contributed by atoms with Gasteiger partial charge in [0.1, 0.15) is 23.3 Å². The van der Waals surface area contributed by atoms with Crippen molar-refractivity contribution in [3.05, 3.63) is 106 Å². The molecule has 0 N–H and O–H groups in total. The molecule has 0 aliphatic carbocycles. The lowest BCUT2D eigenvalue weighted by Gasteiger charge is -2.38. The van der Waals surface area contributed by atoms with E-state index in [9.17, 15) is 9.18 Å². The molecule has 2 fully saturated rings. The highest BCUT2D eigenvalue weighted by atomic mass is 35.5. The molecular formula is C29H25ClFN5O3. The summed E-state index contributed by atoms with van der Waals surface area (Å²) in [5.74, 6) is 0.987. The van der Waals surface area contributed by atoms with Crippen molar-refractivity contribution in [3.8, 4) is 17.4 Å². The monoisotopic (exact) mass is 545 g/mol. The van der Waals surface area contributed by atoms with Crippen molar-refractivity contribution in [2.45, 2.75) is 37.7 Å². The first-order chi connectivity index (χ1) is 19.0. The average molecular weight is 546 g/mol. The Morgan fingerprint density at radius 3 is 2.74 bits per heavy atom. The summed E-state index contributed by atoms with van der Waals surface area (Å²) in [5, 5.41) is 0.257. The van der Waals surface area contributed by atoms with Gasteiger partial charge in [0.2, 0.25) is 5.88 Å². The first-order valence-corrected chi connectivity index (χ1v) is 13.2. The maximum absolute atomic E-state index is 14.7. The summed E-state index contributed by atoms with van der Waals surface area (Å²) < 4.78 is 27.9. The molecular weight excluding hydrogens is 521 g/mol. The maximum atomic E-state index is 14.7. The number of nitrogens with zero attached hydrogens (tertiary/aromatic N) is 5. The lowest BCUT2D eigenvalue weighted by molar-refractivity contribution is 0.211. The van der Waals surface area contributed by atoms with E-state index in [1.54, 1.807) is 16.7 Å². The Kier molecular flexibility index (Phi) is 5.79. The average Bonchev–Trinajstić information content (AvgIpc) is 3.56. The number of likely N-dealkylation sites (tertiary alicyclic amines) is 1. The zero-order chi connectivity index (χ0) is 26.6. The third-order valence-corrected chi connectivity index (χ3v) is 8.03. The van der Waals surface area contributed by atoms with Crippen LogP contribution >= 0.6 is 11.6 Å². The van der Waals surface area contributed by atoms with Gasteiger partial charge in [0.25, 0.3) is 0 Å². The predicted molar refractivity (Wildman–Crippen MR) is 144 cm³/mol. The van der Waals surface area contributed by atoms with Gasteiger partial charge in [0.05, 0.1) is 12.1 Å². The van der Waals surface area contributed by atoms with Gasteiger partial charge >= 0.3 is 5.69 Å². The normalized spacial score (nSPS) is 21.2. The predicted octanol–water partition coefficient (Wildman–Crippen LogP) is 4.65. The van der Waals surface area contributed by atoms with Gasteiger partial charge in [0.15, 0.2) is 11.6 Å². The fraction of sp³-hybridized carbons (Fsp3) is 0.276. The van der Waals surface area contributed by atoms with E-state index in [0.29, 0.717) is 23.9 Å². The molecule has 2 bridgehead atoms. The van der Waals surface area contributed by atoms with E-state index >= 15 is 0 Å². The Bertz CT molecular complexity index is 1620. The van der Waals surface area contributed by atoms with Gasteiger partial charge in [-0.2, -0.15) is 4.98 Å². The summed E-state index contributed by atoms with van der Waals surface area (Å²) in [4.78, 5) is 25.9. The van der Waals surface area contributed by atoms with Gasteiger partial charge in [-0.05, 0) is 35.7 Å². The molecule has 5 heterocycles. The Morgan fingerprint density at radius 2 is 1.92 bits per heavy atom. The van der Waals surface area contributed by atoms with Crippen molar-refractivity contribution in [2.24, 2.45) is 0 Å². The number of fused-ring (bicyclic) bond motifs is 3. The van der Waals surface area contributed by atoms with Crippen LogP contribution in [-0.4, -0.2) is 44.1 Å². The Morgan fingerprint density at radius 1 is 1.05 bits per heavy atom. The number of hydrogen-bond acceptors (Lipinski definition) is 7. The highest BCUT2D eigenvalue weighted by Crippen LogP contribution is 2.48. The summed E-state index contributed by atoms with van der Waals surface area (Å²) in [6.45, 7) is 3.38. The number of pyridine rings is 1. The molecule has 39 heavy (non-hydrogen) atoms. The molecule has 10 heteroatoms. The van der Waals surface area contributed by atoms with E-state index in [2.05, 4.69) is 44.0 Å². The third kappa shape index (κ3) is 4.41. The minimum absolute atomic E-state index is 0.0607. The van der Waals surface area contributed by atoms with Crippen LogP contribution in [0.2, 0.25) is 5.15 Å². The molecule has 3 aliphatic rings. The molecule has 7 rings (SSSR count). The lowest BCUT2D eigenvalue weighted by Crippen LogP contribution is -2.52. The molecule has 2 aromatic carbocycles. The molecule has 2 aromatic heterocycles. The largest absolute Gasteiger partial charge is 0.473 e. The smallest absolute Gasteiger partial charge is 0.352 e. The van der Waals surface area contributed by atoms with Crippen molar-refractivity contribution >= 4 is 17.4 Å². The molecule has 2 saturated heterocycles. The quantitative estimate of drug-likeness (QED) is 0.313. The summed E-state index contributed by atoms with van der Waals surface area (Å²) in [6, 6.07) is 20.4. The molecule has 4 aromatic rings. The second-order valence-corrected chi connectivity index (χ2v) is 10.8. The summed E-state index contributed by atoms with van der Waals surface area (Å²) in [7, 11) is 0.